The molecule has 0 aliphatic heterocycles. The molecule has 0 fully saturated rings. The summed E-state index contributed by atoms with van der Waals surface area (Å²) in [4.78, 5) is 0. The Hall–Kier alpha value is -0.900. The molecule has 0 saturated carbocycles. The molecule has 0 radical (unpaired) electrons. The number of hydrogen-bond donors (Lipinski definition) is 3. The number of aryl methyl sites for hydroxylation is 2. The Bertz CT molecular complexity index is 345. The van der Waals surface area contributed by atoms with Gasteiger partial charge in [0.2, 0.25) is 0 Å². The predicted octanol–water partition coefficient (Wildman–Crippen LogP) is 1.59. The molecular weight excluding hydrogens is 198 g/mol. The van der Waals surface area contributed by atoms with Crippen molar-refractivity contribution in [2.24, 2.45) is 5.84 Å². The van der Waals surface area contributed by atoms with Crippen LogP contribution in [0, 0.1) is 13.8 Å². The highest BCUT2D eigenvalue weighted by molar-refractivity contribution is 5.34. The van der Waals surface area contributed by atoms with Gasteiger partial charge in [-0.1, -0.05) is 32.0 Å². The molecule has 3 nitrogen and oxygen atoms in total. The van der Waals surface area contributed by atoms with E-state index in [1.807, 2.05) is 0 Å². The topological polar surface area (TPSA) is 50.1 Å². The van der Waals surface area contributed by atoms with Crippen molar-refractivity contribution in [2.45, 2.75) is 33.1 Å². The fourth-order valence-corrected chi connectivity index (χ4v) is 1.71. The van der Waals surface area contributed by atoms with Crippen molar-refractivity contribution in [2.75, 3.05) is 13.2 Å². The van der Waals surface area contributed by atoms with Crippen LogP contribution in [0.15, 0.2) is 18.2 Å². The van der Waals surface area contributed by atoms with Gasteiger partial charge in [0, 0.05) is 12.0 Å². The van der Waals surface area contributed by atoms with Gasteiger partial charge in [0.1, 0.15) is 0 Å². The van der Waals surface area contributed by atoms with Crippen molar-refractivity contribution in [3.05, 3.63) is 34.9 Å². The van der Waals surface area contributed by atoms with Crippen LogP contribution in [-0.4, -0.2) is 13.2 Å². The number of nitrogens with one attached hydrogen (secondary N) is 2. The molecule has 0 spiro atoms. The summed E-state index contributed by atoms with van der Waals surface area (Å²) in [7, 11) is 0. The Morgan fingerprint density at radius 3 is 2.44 bits per heavy atom. The molecule has 0 heterocycles. The molecule has 0 saturated heterocycles. The van der Waals surface area contributed by atoms with Gasteiger partial charge < -0.3 is 5.32 Å². The van der Waals surface area contributed by atoms with Gasteiger partial charge in [0.15, 0.2) is 0 Å². The van der Waals surface area contributed by atoms with E-state index in [1.54, 1.807) is 0 Å². The minimum absolute atomic E-state index is 0.120. The zero-order valence-corrected chi connectivity index (χ0v) is 10.7. The summed E-state index contributed by atoms with van der Waals surface area (Å²) < 4.78 is 0. The van der Waals surface area contributed by atoms with Crippen LogP contribution < -0.4 is 16.6 Å². The third-order valence-electron chi connectivity index (χ3n) is 3.08. The van der Waals surface area contributed by atoms with E-state index in [0.29, 0.717) is 6.67 Å². The van der Waals surface area contributed by atoms with Crippen LogP contribution in [0.2, 0.25) is 0 Å². The Labute approximate surface area is 98.4 Å². The molecule has 0 unspecified atom stereocenters. The van der Waals surface area contributed by atoms with E-state index in [0.717, 1.165) is 6.54 Å². The van der Waals surface area contributed by atoms with Crippen molar-refractivity contribution in [3.8, 4) is 0 Å². The van der Waals surface area contributed by atoms with E-state index in [2.05, 4.69) is 56.6 Å². The second-order valence-electron chi connectivity index (χ2n) is 4.99. The summed E-state index contributed by atoms with van der Waals surface area (Å²) >= 11 is 0. The Kier molecular flexibility index (Phi) is 4.47. The van der Waals surface area contributed by atoms with Gasteiger partial charge in [0.25, 0.3) is 0 Å². The quantitative estimate of drug-likeness (QED) is 0.306. The molecule has 4 N–H and O–H groups in total. The van der Waals surface area contributed by atoms with Crippen LogP contribution in [0.3, 0.4) is 0 Å². The minimum atomic E-state index is 0.120. The van der Waals surface area contributed by atoms with E-state index in [-0.39, 0.29) is 5.41 Å². The summed E-state index contributed by atoms with van der Waals surface area (Å²) in [5, 5.41) is 3.27. The first kappa shape index (κ1) is 13.2. The second-order valence-corrected chi connectivity index (χ2v) is 4.99. The number of hydrazine groups is 1. The monoisotopic (exact) mass is 221 g/mol. The molecule has 1 rings (SSSR count). The Morgan fingerprint density at radius 1 is 1.19 bits per heavy atom. The third kappa shape index (κ3) is 3.30. The van der Waals surface area contributed by atoms with E-state index < -0.39 is 0 Å². The lowest BCUT2D eigenvalue weighted by Crippen LogP contribution is -2.40. The zero-order chi connectivity index (χ0) is 12.2. The van der Waals surface area contributed by atoms with Gasteiger partial charge in [-0.3, -0.25) is 5.84 Å². The highest BCUT2D eigenvalue weighted by Crippen LogP contribution is 2.24. The summed E-state index contributed by atoms with van der Waals surface area (Å²) in [5.74, 6) is 5.23. The molecule has 1 aromatic carbocycles. The summed E-state index contributed by atoms with van der Waals surface area (Å²) in [6.07, 6.45) is 0. The van der Waals surface area contributed by atoms with Crippen molar-refractivity contribution < 1.29 is 0 Å². The average molecular weight is 221 g/mol. The standard InChI is InChI=1S/C13H23N3/c1-10-5-6-12(7-11(10)2)13(3,4)8-15-9-16-14/h5-7,15-16H,8-9,14H2,1-4H3. The number of rotatable bonds is 5. The molecule has 0 aliphatic carbocycles. The van der Waals surface area contributed by atoms with Crippen molar-refractivity contribution in [1.29, 1.82) is 0 Å². The van der Waals surface area contributed by atoms with Crippen molar-refractivity contribution in [1.82, 2.24) is 10.7 Å². The Balaban J connectivity index is 2.76. The van der Waals surface area contributed by atoms with Gasteiger partial charge >= 0.3 is 0 Å². The van der Waals surface area contributed by atoms with Gasteiger partial charge in [-0.2, -0.15) is 0 Å². The molecule has 0 atom stereocenters. The van der Waals surface area contributed by atoms with E-state index in [9.17, 15) is 0 Å². The fourth-order valence-electron chi connectivity index (χ4n) is 1.71. The Morgan fingerprint density at radius 2 is 1.88 bits per heavy atom. The van der Waals surface area contributed by atoms with E-state index >= 15 is 0 Å². The predicted molar refractivity (Wildman–Crippen MR) is 69.1 cm³/mol. The van der Waals surface area contributed by atoms with Crippen LogP contribution in [0.1, 0.15) is 30.5 Å². The zero-order valence-electron chi connectivity index (χ0n) is 10.7. The van der Waals surface area contributed by atoms with Crippen LogP contribution in [0.5, 0.6) is 0 Å². The first-order chi connectivity index (χ1) is 7.47. The number of benzene rings is 1. The van der Waals surface area contributed by atoms with Crippen LogP contribution >= 0.6 is 0 Å². The molecular formula is C13H23N3. The molecule has 16 heavy (non-hydrogen) atoms. The summed E-state index contributed by atoms with van der Waals surface area (Å²) in [6, 6.07) is 6.67. The van der Waals surface area contributed by atoms with Crippen LogP contribution in [-0.2, 0) is 5.41 Å². The third-order valence-corrected chi connectivity index (χ3v) is 3.08. The lowest BCUT2D eigenvalue weighted by Gasteiger charge is -2.26. The molecule has 3 heteroatoms. The number of nitrogens with two attached hydrogens (primary N) is 1. The van der Waals surface area contributed by atoms with Crippen molar-refractivity contribution >= 4 is 0 Å². The van der Waals surface area contributed by atoms with E-state index in [4.69, 9.17) is 5.84 Å². The maximum atomic E-state index is 5.23. The van der Waals surface area contributed by atoms with Crippen LogP contribution in [0.4, 0.5) is 0 Å². The minimum Gasteiger partial charge on any atom is -0.303 e. The van der Waals surface area contributed by atoms with Crippen molar-refractivity contribution in [3.63, 3.8) is 0 Å². The highest BCUT2D eigenvalue weighted by Gasteiger charge is 2.20. The maximum Gasteiger partial charge on any atom is 0.0587 e. The largest absolute Gasteiger partial charge is 0.303 e. The summed E-state index contributed by atoms with van der Waals surface area (Å²) in [6.45, 7) is 10.3. The second kappa shape index (κ2) is 5.43. The average Bonchev–Trinajstić information content (AvgIpc) is 2.22. The molecule has 0 aliphatic rings. The summed E-state index contributed by atoms with van der Waals surface area (Å²) in [5.41, 5.74) is 6.78. The lowest BCUT2D eigenvalue weighted by atomic mass is 9.83. The first-order valence-electron chi connectivity index (χ1n) is 5.69. The lowest BCUT2D eigenvalue weighted by molar-refractivity contribution is 0.454. The van der Waals surface area contributed by atoms with Crippen LogP contribution in [0.25, 0.3) is 0 Å². The molecule has 0 amide bonds. The van der Waals surface area contributed by atoms with Gasteiger partial charge in [0.05, 0.1) is 6.67 Å². The smallest absolute Gasteiger partial charge is 0.0587 e. The molecule has 0 aromatic heterocycles. The molecule has 1 aromatic rings. The molecule has 0 bridgehead atoms. The first-order valence-corrected chi connectivity index (χ1v) is 5.69. The van der Waals surface area contributed by atoms with Gasteiger partial charge in [-0.15, -0.1) is 0 Å². The highest BCUT2D eigenvalue weighted by atomic mass is 15.3. The van der Waals surface area contributed by atoms with Gasteiger partial charge in [-0.05, 0) is 30.5 Å². The SMILES string of the molecule is Cc1ccc(C(C)(C)CNCNN)cc1C. The maximum absolute atomic E-state index is 5.23. The molecule has 90 valence electrons. The fraction of sp³-hybridized carbons (Fsp3) is 0.538. The van der Waals surface area contributed by atoms with E-state index in [1.165, 1.54) is 16.7 Å². The number of hydrogen-bond acceptors (Lipinski definition) is 3. The normalized spacial score (nSPS) is 11.8. The van der Waals surface area contributed by atoms with Gasteiger partial charge in [-0.25, -0.2) is 5.43 Å².